The van der Waals surface area contributed by atoms with Crippen molar-refractivity contribution >= 4 is 23.3 Å². The number of hydrogen-bond donors (Lipinski definition) is 3. The zero-order valence-corrected chi connectivity index (χ0v) is 16.1. The molecule has 0 unspecified atom stereocenters. The maximum Gasteiger partial charge on any atom is 0.323 e. The van der Waals surface area contributed by atoms with Crippen LogP contribution in [0.5, 0.6) is 5.75 Å². The first kappa shape index (κ1) is 20.4. The molecule has 3 rings (SSSR count). The molecule has 0 aliphatic carbocycles. The monoisotopic (exact) mass is 400 g/mol. The Hall–Kier alpha value is -4.31. The SMILES string of the molecule is N#CCOc1cccc(CNC(=O)c2ccc(NC(=O)Nc3ccccc3)cc2)c1. The third kappa shape index (κ3) is 6.11. The summed E-state index contributed by atoms with van der Waals surface area (Å²) >= 11 is 0. The van der Waals surface area contributed by atoms with Gasteiger partial charge in [-0.3, -0.25) is 4.79 Å². The van der Waals surface area contributed by atoms with Crippen molar-refractivity contribution in [2.75, 3.05) is 17.2 Å². The topological polar surface area (TPSA) is 103 Å². The lowest BCUT2D eigenvalue weighted by molar-refractivity contribution is 0.0951. The summed E-state index contributed by atoms with van der Waals surface area (Å²) in [5.41, 5.74) is 2.59. The lowest BCUT2D eigenvalue weighted by atomic mass is 10.1. The fraction of sp³-hybridized carbons (Fsp3) is 0.0870. The molecule has 0 radical (unpaired) electrons. The van der Waals surface area contributed by atoms with Crippen LogP contribution in [0.3, 0.4) is 0 Å². The van der Waals surface area contributed by atoms with Crippen molar-refractivity contribution < 1.29 is 14.3 Å². The Morgan fingerprint density at radius 1 is 0.867 bits per heavy atom. The van der Waals surface area contributed by atoms with E-state index in [4.69, 9.17) is 10.00 Å². The third-order valence-corrected chi connectivity index (χ3v) is 4.09. The number of nitriles is 1. The van der Waals surface area contributed by atoms with Crippen molar-refractivity contribution in [3.63, 3.8) is 0 Å². The summed E-state index contributed by atoms with van der Waals surface area (Å²) in [6.07, 6.45) is 0. The summed E-state index contributed by atoms with van der Waals surface area (Å²) in [5, 5.41) is 16.9. The second-order valence-electron chi connectivity index (χ2n) is 6.30. The molecule has 3 amide bonds. The summed E-state index contributed by atoms with van der Waals surface area (Å²) in [5.74, 6) is 0.339. The molecule has 0 saturated carbocycles. The van der Waals surface area contributed by atoms with Crippen molar-refractivity contribution in [1.82, 2.24) is 5.32 Å². The van der Waals surface area contributed by atoms with Crippen molar-refractivity contribution in [3.8, 4) is 11.8 Å². The Kier molecular flexibility index (Phi) is 7.01. The Morgan fingerprint density at radius 2 is 1.57 bits per heavy atom. The maximum absolute atomic E-state index is 12.4. The van der Waals surface area contributed by atoms with E-state index in [1.807, 2.05) is 30.3 Å². The fourth-order valence-electron chi connectivity index (χ4n) is 2.67. The van der Waals surface area contributed by atoms with E-state index in [0.717, 1.165) is 5.56 Å². The van der Waals surface area contributed by atoms with Crippen LogP contribution >= 0.6 is 0 Å². The van der Waals surface area contributed by atoms with Gasteiger partial charge < -0.3 is 20.7 Å². The molecule has 0 aliphatic heterocycles. The Balaban J connectivity index is 1.51. The highest BCUT2D eigenvalue weighted by Crippen LogP contribution is 2.14. The van der Waals surface area contributed by atoms with Crippen LogP contribution in [0, 0.1) is 11.3 Å². The maximum atomic E-state index is 12.4. The molecule has 0 saturated heterocycles. The molecule has 0 fully saturated rings. The summed E-state index contributed by atoms with van der Waals surface area (Å²) in [6, 6.07) is 24.4. The molecular formula is C23H20N4O3. The molecule has 7 nitrogen and oxygen atoms in total. The van der Waals surface area contributed by atoms with Crippen LogP contribution in [-0.4, -0.2) is 18.5 Å². The van der Waals surface area contributed by atoms with Gasteiger partial charge in [0, 0.05) is 23.5 Å². The first-order valence-electron chi connectivity index (χ1n) is 9.24. The van der Waals surface area contributed by atoms with E-state index in [2.05, 4.69) is 16.0 Å². The molecule has 7 heteroatoms. The third-order valence-electron chi connectivity index (χ3n) is 4.09. The number of hydrogen-bond acceptors (Lipinski definition) is 4. The van der Waals surface area contributed by atoms with Gasteiger partial charge in [0.2, 0.25) is 0 Å². The number of nitrogens with zero attached hydrogens (tertiary/aromatic N) is 1. The van der Waals surface area contributed by atoms with Crippen molar-refractivity contribution in [2.45, 2.75) is 6.54 Å². The number of anilines is 2. The highest BCUT2D eigenvalue weighted by Gasteiger charge is 2.07. The van der Waals surface area contributed by atoms with Gasteiger partial charge in [0.25, 0.3) is 5.91 Å². The molecule has 0 atom stereocenters. The Bertz CT molecular complexity index is 1040. The lowest BCUT2D eigenvalue weighted by Gasteiger charge is -2.09. The number of amides is 3. The first-order valence-corrected chi connectivity index (χ1v) is 9.24. The van der Waals surface area contributed by atoms with E-state index in [1.165, 1.54) is 0 Å². The van der Waals surface area contributed by atoms with Crippen LogP contribution in [0.15, 0.2) is 78.9 Å². The predicted molar refractivity (Wildman–Crippen MR) is 114 cm³/mol. The van der Waals surface area contributed by atoms with E-state index in [1.54, 1.807) is 54.6 Å². The average molecular weight is 400 g/mol. The van der Waals surface area contributed by atoms with Crippen LogP contribution in [0.1, 0.15) is 15.9 Å². The highest BCUT2D eigenvalue weighted by molar-refractivity contribution is 6.00. The molecule has 3 N–H and O–H groups in total. The average Bonchev–Trinajstić information content (AvgIpc) is 2.77. The highest BCUT2D eigenvalue weighted by atomic mass is 16.5. The van der Waals surface area contributed by atoms with E-state index in [9.17, 15) is 9.59 Å². The van der Waals surface area contributed by atoms with Gasteiger partial charge in [-0.2, -0.15) is 5.26 Å². The number of urea groups is 1. The number of carbonyl (C=O) groups is 2. The standard InChI is InChI=1S/C23H20N4O3/c24-13-14-30-21-8-4-5-17(15-21)16-25-22(28)18-9-11-20(12-10-18)27-23(29)26-19-6-2-1-3-7-19/h1-12,15H,14,16H2,(H,25,28)(H2,26,27,29). The summed E-state index contributed by atoms with van der Waals surface area (Å²) in [4.78, 5) is 24.4. The zero-order valence-electron chi connectivity index (χ0n) is 16.1. The van der Waals surface area contributed by atoms with Crippen LogP contribution in [0.25, 0.3) is 0 Å². The van der Waals surface area contributed by atoms with Crippen molar-refractivity contribution in [2.24, 2.45) is 0 Å². The predicted octanol–water partition coefficient (Wildman–Crippen LogP) is 4.16. The fourth-order valence-corrected chi connectivity index (χ4v) is 2.67. The number of ether oxygens (including phenoxy) is 1. The molecule has 150 valence electrons. The van der Waals surface area contributed by atoms with Gasteiger partial charge in [0.05, 0.1) is 0 Å². The van der Waals surface area contributed by atoms with Crippen LogP contribution in [0.2, 0.25) is 0 Å². The Labute approximate surface area is 174 Å². The van der Waals surface area contributed by atoms with Crippen molar-refractivity contribution in [3.05, 3.63) is 90.0 Å². The minimum Gasteiger partial charge on any atom is -0.479 e. The molecule has 30 heavy (non-hydrogen) atoms. The van der Waals surface area contributed by atoms with Gasteiger partial charge >= 0.3 is 6.03 Å². The normalized spacial score (nSPS) is 9.83. The van der Waals surface area contributed by atoms with Crippen molar-refractivity contribution in [1.29, 1.82) is 5.26 Å². The number of rotatable bonds is 7. The van der Waals surface area contributed by atoms with Gasteiger partial charge in [-0.15, -0.1) is 0 Å². The molecule has 0 heterocycles. The van der Waals surface area contributed by atoms with Gasteiger partial charge in [-0.05, 0) is 54.1 Å². The van der Waals surface area contributed by atoms with E-state index >= 15 is 0 Å². The number of carbonyl (C=O) groups excluding carboxylic acids is 2. The van der Waals surface area contributed by atoms with Gasteiger partial charge in [0.15, 0.2) is 6.61 Å². The summed E-state index contributed by atoms with van der Waals surface area (Å²) in [7, 11) is 0. The smallest absolute Gasteiger partial charge is 0.323 e. The number of nitrogens with one attached hydrogen (secondary N) is 3. The number of para-hydroxylation sites is 1. The van der Waals surface area contributed by atoms with Crippen LogP contribution < -0.4 is 20.7 Å². The van der Waals surface area contributed by atoms with E-state index in [0.29, 0.717) is 29.2 Å². The second kappa shape index (κ2) is 10.3. The van der Waals surface area contributed by atoms with E-state index < -0.39 is 0 Å². The zero-order chi connectivity index (χ0) is 21.2. The molecule has 3 aromatic rings. The van der Waals surface area contributed by atoms with Crippen LogP contribution in [0.4, 0.5) is 16.2 Å². The number of benzene rings is 3. The summed E-state index contributed by atoms with van der Waals surface area (Å²) < 4.78 is 5.26. The molecule has 0 aromatic heterocycles. The van der Waals surface area contributed by atoms with Gasteiger partial charge in [-0.25, -0.2) is 4.79 Å². The van der Waals surface area contributed by atoms with Gasteiger partial charge in [0.1, 0.15) is 11.8 Å². The molecular weight excluding hydrogens is 380 g/mol. The quantitative estimate of drug-likeness (QED) is 0.554. The molecule has 3 aromatic carbocycles. The molecule has 0 bridgehead atoms. The largest absolute Gasteiger partial charge is 0.479 e. The lowest BCUT2D eigenvalue weighted by Crippen LogP contribution is -2.23. The van der Waals surface area contributed by atoms with Gasteiger partial charge in [-0.1, -0.05) is 30.3 Å². The molecule has 0 spiro atoms. The second-order valence-corrected chi connectivity index (χ2v) is 6.30. The minimum absolute atomic E-state index is 0.0282. The minimum atomic E-state index is -0.364. The van der Waals surface area contributed by atoms with E-state index in [-0.39, 0.29) is 18.5 Å². The van der Waals surface area contributed by atoms with Crippen LogP contribution in [-0.2, 0) is 6.54 Å². The summed E-state index contributed by atoms with van der Waals surface area (Å²) in [6.45, 7) is 0.293. The first-order chi connectivity index (χ1) is 14.6. The Morgan fingerprint density at radius 3 is 2.27 bits per heavy atom. The molecule has 0 aliphatic rings.